The molecule has 4 heteroatoms. The molecule has 0 amide bonds. The highest BCUT2D eigenvalue weighted by Gasteiger charge is 2.06. The average Bonchev–Trinajstić information content (AvgIpc) is 2.28. The first-order valence-electron chi connectivity index (χ1n) is 6.45. The Morgan fingerprint density at radius 2 is 1.56 bits per heavy atom. The van der Waals surface area contributed by atoms with E-state index in [9.17, 15) is 4.20 Å². The van der Waals surface area contributed by atoms with Gasteiger partial charge in [0.1, 0.15) is 6.35 Å². The first-order valence-corrected chi connectivity index (χ1v) is 7.78. The highest BCUT2D eigenvalue weighted by molar-refractivity contribution is 7.46. The van der Waals surface area contributed by atoms with E-state index in [1.54, 1.807) is 0 Å². The van der Waals surface area contributed by atoms with Crippen LogP contribution in [0.4, 0.5) is 4.20 Å². The van der Waals surface area contributed by atoms with Gasteiger partial charge in [0, 0.05) is 6.61 Å². The Balaban J connectivity index is 3.06. The predicted molar refractivity (Wildman–Crippen MR) is 68.5 cm³/mol. The van der Waals surface area contributed by atoms with Gasteiger partial charge in [0.15, 0.2) is 0 Å². The van der Waals surface area contributed by atoms with Crippen LogP contribution in [0.1, 0.15) is 58.8 Å². The van der Waals surface area contributed by atoms with E-state index in [-0.39, 0.29) is 6.35 Å². The molecule has 98 valence electrons. The maximum absolute atomic E-state index is 13.1. The molecule has 0 rings (SSSR count). The summed E-state index contributed by atoms with van der Waals surface area (Å²) in [5.74, 6) is 0. The van der Waals surface area contributed by atoms with Crippen molar-refractivity contribution in [1.29, 1.82) is 0 Å². The highest BCUT2D eigenvalue weighted by atomic mass is 31.2. The molecule has 0 saturated heterocycles. The van der Waals surface area contributed by atoms with E-state index in [2.05, 4.69) is 13.8 Å². The second kappa shape index (κ2) is 13.3. The summed E-state index contributed by atoms with van der Waals surface area (Å²) < 4.78 is 23.3. The Morgan fingerprint density at radius 3 is 2.25 bits per heavy atom. The molecule has 1 unspecified atom stereocenters. The minimum Gasteiger partial charge on any atom is -0.372 e. The lowest BCUT2D eigenvalue weighted by molar-refractivity contribution is 0.159. The maximum Gasteiger partial charge on any atom is 0.247 e. The summed E-state index contributed by atoms with van der Waals surface area (Å²) in [6.45, 7) is 5.46. The summed E-state index contributed by atoms with van der Waals surface area (Å²) >= 11 is 0. The fourth-order valence-electron chi connectivity index (χ4n) is 1.29. The van der Waals surface area contributed by atoms with E-state index in [1.807, 2.05) is 0 Å². The van der Waals surface area contributed by atoms with Crippen LogP contribution in [0.2, 0.25) is 0 Å². The standard InChI is InChI=1S/C12H26FO2P/c1-3-5-7-8-9-10-14-12-16(13)15-11-6-4-2/h3-12H2,1-2H3. The Bertz CT molecular complexity index is 136. The van der Waals surface area contributed by atoms with Crippen LogP contribution in [-0.2, 0) is 9.26 Å². The molecule has 0 aromatic carbocycles. The minimum absolute atomic E-state index is 0.146. The molecule has 1 atom stereocenters. The molecule has 0 saturated carbocycles. The van der Waals surface area contributed by atoms with Crippen LogP contribution in [0.15, 0.2) is 0 Å². The minimum atomic E-state index is -1.84. The third-order valence-electron chi connectivity index (χ3n) is 2.31. The lowest BCUT2D eigenvalue weighted by Crippen LogP contribution is -1.97. The fourth-order valence-corrected chi connectivity index (χ4v) is 1.96. The molecule has 0 aliphatic carbocycles. The van der Waals surface area contributed by atoms with Gasteiger partial charge in [0.05, 0.1) is 6.61 Å². The van der Waals surface area contributed by atoms with Gasteiger partial charge in [-0.25, -0.2) is 0 Å². The largest absolute Gasteiger partial charge is 0.372 e. The highest BCUT2D eigenvalue weighted by Crippen LogP contribution is 2.38. The van der Waals surface area contributed by atoms with Crippen LogP contribution in [0, 0.1) is 0 Å². The topological polar surface area (TPSA) is 18.5 Å². The van der Waals surface area contributed by atoms with E-state index in [1.165, 1.54) is 25.7 Å². The molecule has 2 nitrogen and oxygen atoms in total. The molecular weight excluding hydrogens is 226 g/mol. The van der Waals surface area contributed by atoms with E-state index in [0.717, 1.165) is 19.3 Å². The van der Waals surface area contributed by atoms with Crippen LogP contribution in [-0.4, -0.2) is 19.6 Å². The lowest BCUT2D eigenvalue weighted by Gasteiger charge is -2.08. The first-order chi connectivity index (χ1) is 7.81. The smallest absolute Gasteiger partial charge is 0.247 e. The summed E-state index contributed by atoms with van der Waals surface area (Å²) in [6.07, 6.45) is 8.15. The summed E-state index contributed by atoms with van der Waals surface area (Å²) in [4.78, 5) is 0. The van der Waals surface area contributed by atoms with Crippen LogP contribution in [0.5, 0.6) is 0 Å². The quantitative estimate of drug-likeness (QED) is 0.358. The first kappa shape index (κ1) is 16.3. The van der Waals surface area contributed by atoms with Crippen molar-refractivity contribution in [3.8, 4) is 0 Å². The van der Waals surface area contributed by atoms with Crippen LogP contribution >= 0.6 is 8.46 Å². The van der Waals surface area contributed by atoms with Gasteiger partial charge in [-0.3, -0.25) is 0 Å². The lowest BCUT2D eigenvalue weighted by atomic mass is 10.2. The molecule has 0 fully saturated rings. The summed E-state index contributed by atoms with van der Waals surface area (Å²) in [7, 11) is -1.84. The Labute approximate surface area is 101 Å². The number of hydrogen-bond donors (Lipinski definition) is 0. The van der Waals surface area contributed by atoms with Gasteiger partial charge in [-0.05, 0) is 12.8 Å². The van der Waals surface area contributed by atoms with Gasteiger partial charge in [-0.1, -0.05) is 46.0 Å². The van der Waals surface area contributed by atoms with Crippen molar-refractivity contribution in [3.63, 3.8) is 0 Å². The molecular formula is C12H26FO2P. The van der Waals surface area contributed by atoms with Gasteiger partial charge < -0.3 is 9.26 Å². The molecule has 0 aromatic rings. The molecule has 0 aliphatic rings. The van der Waals surface area contributed by atoms with Crippen molar-refractivity contribution in [2.24, 2.45) is 0 Å². The fraction of sp³-hybridized carbons (Fsp3) is 1.00. The normalized spacial score (nSPS) is 12.9. The van der Waals surface area contributed by atoms with E-state index in [0.29, 0.717) is 13.2 Å². The Hall–Kier alpha value is 0.280. The van der Waals surface area contributed by atoms with Gasteiger partial charge >= 0.3 is 0 Å². The van der Waals surface area contributed by atoms with Gasteiger partial charge in [-0.15, -0.1) is 0 Å². The second-order valence-electron chi connectivity index (χ2n) is 3.96. The van der Waals surface area contributed by atoms with Crippen LogP contribution < -0.4 is 0 Å². The van der Waals surface area contributed by atoms with E-state index in [4.69, 9.17) is 9.26 Å². The van der Waals surface area contributed by atoms with Gasteiger partial charge in [0.25, 0.3) is 0 Å². The molecule has 0 N–H and O–H groups in total. The van der Waals surface area contributed by atoms with Crippen LogP contribution in [0.25, 0.3) is 0 Å². The van der Waals surface area contributed by atoms with E-state index < -0.39 is 8.46 Å². The van der Waals surface area contributed by atoms with Gasteiger partial charge in [-0.2, -0.15) is 4.20 Å². The van der Waals surface area contributed by atoms with Crippen molar-refractivity contribution < 1.29 is 13.5 Å². The molecule has 0 spiro atoms. The molecule has 16 heavy (non-hydrogen) atoms. The Kier molecular flexibility index (Phi) is 13.6. The van der Waals surface area contributed by atoms with Crippen molar-refractivity contribution >= 4 is 8.46 Å². The monoisotopic (exact) mass is 252 g/mol. The second-order valence-corrected chi connectivity index (χ2v) is 5.11. The van der Waals surface area contributed by atoms with Crippen molar-refractivity contribution in [1.82, 2.24) is 0 Å². The third kappa shape index (κ3) is 12.4. The van der Waals surface area contributed by atoms with Gasteiger partial charge in [0.2, 0.25) is 8.46 Å². The zero-order valence-corrected chi connectivity index (χ0v) is 11.6. The third-order valence-corrected chi connectivity index (χ3v) is 3.16. The maximum atomic E-state index is 13.1. The zero-order chi connectivity index (χ0) is 12.1. The zero-order valence-electron chi connectivity index (χ0n) is 10.7. The summed E-state index contributed by atoms with van der Waals surface area (Å²) in [5, 5.41) is 0. The number of unbranched alkanes of at least 4 members (excludes halogenated alkanes) is 5. The molecule has 0 aliphatic heterocycles. The van der Waals surface area contributed by atoms with E-state index >= 15 is 0 Å². The summed E-state index contributed by atoms with van der Waals surface area (Å²) in [5.41, 5.74) is 0. The predicted octanol–water partition coefficient (Wildman–Crippen LogP) is 5.03. The number of rotatable bonds is 12. The number of ether oxygens (including phenoxy) is 1. The molecule has 0 heterocycles. The SMILES string of the molecule is CCCCCCCOCP(F)OCCCC. The Morgan fingerprint density at radius 1 is 0.875 bits per heavy atom. The van der Waals surface area contributed by atoms with Crippen molar-refractivity contribution in [2.75, 3.05) is 19.6 Å². The van der Waals surface area contributed by atoms with Crippen molar-refractivity contribution in [3.05, 3.63) is 0 Å². The molecule has 0 aromatic heterocycles. The molecule has 0 radical (unpaired) electrons. The molecule has 0 bridgehead atoms. The van der Waals surface area contributed by atoms with Crippen molar-refractivity contribution in [2.45, 2.75) is 58.8 Å². The average molecular weight is 252 g/mol. The summed E-state index contributed by atoms with van der Waals surface area (Å²) in [6, 6.07) is 0. The number of halogens is 1. The van der Waals surface area contributed by atoms with Crippen LogP contribution in [0.3, 0.4) is 0 Å². The number of hydrogen-bond acceptors (Lipinski definition) is 2.